The fourth-order valence-electron chi connectivity index (χ4n) is 2.78. The summed E-state index contributed by atoms with van der Waals surface area (Å²) in [6, 6.07) is 8.42. The van der Waals surface area contributed by atoms with E-state index in [2.05, 4.69) is 49.3 Å². The molecule has 2 N–H and O–H groups in total. The number of halogens is 1. The van der Waals surface area contributed by atoms with Crippen molar-refractivity contribution in [3.05, 3.63) is 29.8 Å². The van der Waals surface area contributed by atoms with Crippen LogP contribution in [0.4, 0.5) is 0 Å². The van der Waals surface area contributed by atoms with Crippen LogP contribution in [0, 0.1) is 0 Å². The van der Waals surface area contributed by atoms with Gasteiger partial charge in [-0.15, -0.1) is 24.0 Å². The largest absolute Gasteiger partial charge is 0.496 e. The van der Waals surface area contributed by atoms with Crippen molar-refractivity contribution < 1.29 is 4.74 Å². The molecule has 0 saturated carbocycles. The highest BCUT2D eigenvalue weighted by atomic mass is 127. The smallest absolute Gasteiger partial charge is 0.191 e. The van der Waals surface area contributed by atoms with Gasteiger partial charge in [0.25, 0.3) is 0 Å². The molecule has 6 heteroatoms. The Bertz CT molecular complexity index is 506. The first-order chi connectivity index (χ1) is 12.1. The lowest BCUT2D eigenvalue weighted by atomic mass is 10.2. The molecule has 0 aliphatic carbocycles. The lowest BCUT2D eigenvalue weighted by Crippen LogP contribution is -2.42. The van der Waals surface area contributed by atoms with E-state index in [-0.39, 0.29) is 24.0 Å². The van der Waals surface area contributed by atoms with Gasteiger partial charge in [0.05, 0.1) is 13.7 Å². The molecule has 1 atom stereocenters. The molecule has 26 heavy (non-hydrogen) atoms. The van der Waals surface area contributed by atoms with Crippen LogP contribution in [0.1, 0.15) is 46.1 Å². The molecule has 0 spiro atoms. The second kappa shape index (κ2) is 15.1. The Balaban J connectivity index is 0.00000625. The molecule has 1 rings (SSSR count). The van der Waals surface area contributed by atoms with Crippen LogP contribution in [-0.4, -0.2) is 50.2 Å². The van der Waals surface area contributed by atoms with Crippen molar-refractivity contribution in [1.82, 2.24) is 15.5 Å². The Morgan fingerprint density at radius 2 is 1.88 bits per heavy atom. The second-order valence-electron chi connectivity index (χ2n) is 6.22. The number of guanidine groups is 1. The Morgan fingerprint density at radius 1 is 1.19 bits per heavy atom. The normalized spacial score (nSPS) is 12.5. The van der Waals surface area contributed by atoms with Crippen LogP contribution in [-0.2, 0) is 6.54 Å². The van der Waals surface area contributed by atoms with Crippen LogP contribution in [0.2, 0.25) is 0 Å². The standard InChI is InChI=1S/C20H36N4O.HI/c1-6-21-20(22-16-18-13-9-10-14-19(18)25-5)23-17(4)12-11-15-24(7-2)8-3;/h9-10,13-14,17H,6-8,11-12,15-16H2,1-5H3,(H2,21,22,23);1H. The zero-order valence-corrected chi connectivity index (χ0v) is 19.4. The maximum Gasteiger partial charge on any atom is 0.191 e. The van der Waals surface area contributed by atoms with Crippen molar-refractivity contribution in [1.29, 1.82) is 0 Å². The summed E-state index contributed by atoms with van der Waals surface area (Å²) in [5, 5.41) is 6.85. The summed E-state index contributed by atoms with van der Waals surface area (Å²) in [5.74, 6) is 1.75. The fraction of sp³-hybridized carbons (Fsp3) is 0.650. The van der Waals surface area contributed by atoms with Gasteiger partial charge in [0.2, 0.25) is 0 Å². The van der Waals surface area contributed by atoms with E-state index in [0.717, 1.165) is 49.9 Å². The Labute approximate surface area is 177 Å². The quantitative estimate of drug-likeness (QED) is 0.289. The number of benzene rings is 1. The molecule has 0 radical (unpaired) electrons. The average molecular weight is 476 g/mol. The van der Waals surface area contributed by atoms with Gasteiger partial charge >= 0.3 is 0 Å². The lowest BCUT2D eigenvalue weighted by Gasteiger charge is -2.21. The topological polar surface area (TPSA) is 48.9 Å². The molecule has 0 aliphatic heterocycles. The van der Waals surface area contributed by atoms with Gasteiger partial charge in [0.15, 0.2) is 5.96 Å². The van der Waals surface area contributed by atoms with E-state index in [1.54, 1.807) is 7.11 Å². The summed E-state index contributed by atoms with van der Waals surface area (Å²) in [5.41, 5.74) is 1.09. The van der Waals surface area contributed by atoms with Crippen LogP contribution < -0.4 is 15.4 Å². The van der Waals surface area contributed by atoms with Crippen LogP contribution >= 0.6 is 24.0 Å². The summed E-state index contributed by atoms with van der Waals surface area (Å²) >= 11 is 0. The van der Waals surface area contributed by atoms with E-state index < -0.39 is 0 Å². The third kappa shape index (κ3) is 9.62. The van der Waals surface area contributed by atoms with E-state index in [0.29, 0.717) is 12.6 Å². The minimum absolute atomic E-state index is 0. The van der Waals surface area contributed by atoms with E-state index in [4.69, 9.17) is 9.73 Å². The number of ether oxygens (including phenoxy) is 1. The van der Waals surface area contributed by atoms with Crippen molar-refractivity contribution in [3.63, 3.8) is 0 Å². The number of rotatable bonds is 11. The van der Waals surface area contributed by atoms with Crippen LogP contribution in [0.25, 0.3) is 0 Å². The number of nitrogens with zero attached hydrogens (tertiary/aromatic N) is 2. The molecule has 0 aromatic heterocycles. The molecular formula is C20H37IN4O. The summed E-state index contributed by atoms with van der Waals surface area (Å²) in [4.78, 5) is 7.18. The minimum atomic E-state index is 0. The van der Waals surface area contributed by atoms with E-state index in [1.807, 2.05) is 18.2 Å². The average Bonchev–Trinajstić information content (AvgIpc) is 2.63. The summed E-state index contributed by atoms with van der Waals surface area (Å²) < 4.78 is 5.40. The monoisotopic (exact) mass is 476 g/mol. The van der Waals surface area contributed by atoms with Crippen molar-refractivity contribution in [2.75, 3.05) is 33.3 Å². The highest BCUT2D eigenvalue weighted by Gasteiger charge is 2.07. The second-order valence-corrected chi connectivity index (χ2v) is 6.22. The Hall–Kier alpha value is -1.02. The van der Waals surface area contributed by atoms with Crippen LogP contribution in [0.15, 0.2) is 29.3 Å². The van der Waals surface area contributed by atoms with Crippen LogP contribution in [0.3, 0.4) is 0 Å². The molecule has 5 nitrogen and oxygen atoms in total. The number of nitrogens with one attached hydrogen (secondary N) is 2. The first-order valence-electron chi connectivity index (χ1n) is 9.53. The molecule has 150 valence electrons. The number of methoxy groups -OCH3 is 1. The van der Waals surface area contributed by atoms with Gasteiger partial charge in [-0.3, -0.25) is 0 Å². The van der Waals surface area contributed by atoms with E-state index in [9.17, 15) is 0 Å². The van der Waals surface area contributed by atoms with Gasteiger partial charge in [-0.05, 0) is 52.4 Å². The van der Waals surface area contributed by atoms with Gasteiger partial charge in [-0.25, -0.2) is 4.99 Å². The summed E-state index contributed by atoms with van der Waals surface area (Å²) in [7, 11) is 1.70. The molecule has 0 bridgehead atoms. The third-order valence-corrected chi connectivity index (χ3v) is 4.33. The van der Waals surface area contributed by atoms with E-state index in [1.165, 1.54) is 6.42 Å². The number of aliphatic imine (C=N–C) groups is 1. The fourth-order valence-corrected chi connectivity index (χ4v) is 2.78. The highest BCUT2D eigenvalue weighted by molar-refractivity contribution is 14.0. The SMILES string of the molecule is CCNC(=NCc1ccccc1OC)NC(C)CCCN(CC)CC.I. The molecular weight excluding hydrogens is 439 g/mol. The maximum absolute atomic E-state index is 5.40. The van der Waals surface area contributed by atoms with Crippen molar-refractivity contribution in [2.45, 2.75) is 53.1 Å². The molecule has 1 aromatic carbocycles. The van der Waals surface area contributed by atoms with Crippen LogP contribution in [0.5, 0.6) is 5.75 Å². The van der Waals surface area contributed by atoms with Gasteiger partial charge < -0.3 is 20.3 Å². The Morgan fingerprint density at radius 3 is 2.50 bits per heavy atom. The lowest BCUT2D eigenvalue weighted by molar-refractivity contribution is 0.292. The molecule has 0 saturated heterocycles. The number of hydrogen-bond acceptors (Lipinski definition) is 3. The predicted octanol–water partition coefficient (Wildman–Crippen LogP) is 3.88. The van der Waals surface area contributed by atoms with Gasteiger partial charge in [0.1, 0.15) is 5.75 Å². The number of para-hydroxylation sites is 1. The summed E-state index contributed by atoms with van der Waals surface area (Å²) in [6.07, 6.45) is 2.33. The van der Waals surface area contributed by atoms with E-state index >= 15 is 0 Å². The predicted molar refractivity (Wildman–Crippen MR) is 123 cm³/mol. The third-order valence-electron chi connectivity index (χ3n) is 4.33. The zero-order chi connectivity index (χ0) is 18.5. The maximum atomic E-state index is 5.40. The van der Waals surface area contributed by atoms with Crippen molar-refractivity contribution >= 4 is 29.9 Å². The summed E-state index contributed by atoms with van der Waals surface area (Å²) in [6.45, 7) is 13.6. The van der Waals surface area contributed by atoms with Gasteiger partial charge in [-0.1, -0.05) is 32.0 Å². The van der Waals surface area contributed by atoms with Gasteiger partial charge in [0, 0.05) is 18.2 Å². The molecule has 0 aliphatic rings. The van der Waals surface area contributed by atoms with Crippen molar-refractivity contribution in [3.8, 4) is 5.75 Å². The first kappa shape index (κ1) is 25.0. The zero-order valence-electron chi connectivity index (χ0n) is 17.0. The Kier molecular flexibility index (Phi) is 14.5. The number of hydrogen-bond donors (Lipinski definition) is 2. The minimum Gasteiger partial charge on any atom is -0.496 e. The molecule has 1 unspecified atom stereocenters. The van der Waals surface area contributed by atoms with Crippen molar-refractivity contribution in [2.24, 2.45) is 4.99 Å². The van der Waals surface area contributed by atoms with Gasteiger partial charge in [-0.2, -0.15) is 0 Å². The molecule has 0 heterocycles. The first-order valence-corrected chi connectivity index (χ1v) is 9.53. The highest BCUT2D eigenvalue weighted by Crippen LogP contribution is 2.17. The molecule has 0 fully saturated rings. The molecule has 1 aromatic rings. The molecule has 0 amide bonds.